The lowest BCUT2D eigenvalue weighted by molar-refractivity contribution is -0.0372. The molecule has 1 aromatic rings. The van der Waals surface area contributed by atoms with E-state index < -0.39 is 22.2 Å². The van der Waals surface area contributed by atoms with Gasteiger partial charge in [-0.3, -0.25) is 0 Å². The molecule has 146 valence electrons. The fraction of sp³-hybridized carbons (Fsp3) is 0.700. The molecule has 1 heterocycles. The minimum absolute atomic E-state index is 0.121. The quantitative estimate of drug-likeness (QED) is 0.824. The van der Waals surface area contributed by atoms with E-state index in [2.05, 4.69) is 26.8 Å². The summed E-state index contributed by atoms with van der Waals surface area (Å²) in [5, 5.41) is 19.8. The van der Waals surface area contributed by atoms with Crippen molar-refractivity contribution in [1.82, 2.24) is 4.31 Å². The van der Waals surface area contributed by atoms with Crippen LogP contribution in [0.2, 0.25) is 0 Å². The first kappa shape index (κ1) is 19.8. The van der Waals surface area contributed by atoms with Crippen molar-refractivity contribution in [2.45, 2.75) is 70.0 Å². The van der Waals surface area contributed by atoms with Crippen molar-refractivity contribution >= 4 is 10.0 Å². The van der Waals surface area contributed by atoms with Crippen LogP contribution in [0.4, 0.5) is 0 Å². The Hall–Kier alpha value is -0.950. The summed E-state index contributed by atoms with van der Waals surface area (Å²) in [6, 6.07) is 3.90. The van der Waals surface area contributed by atoms with Gasteiger partial charge in [0.1, 0.15) is 0 Å². The average Bonchev–Trinajstić information content (AvgIpc) is 2.92. The molecule has 0 aromatic heterocycles. The summed E-state index contributed by atoms with van der Waals surface area (Å²) in [5.41, 5.74) is 2.67. The molecule has 1 saturated heterocycles. The number of rotatable bonds is 2. The van der Waals surface area contributed by atoms with Crippen LogP contribution in [0.1, 0.15) is 50.3 Å². The monoisotopic (exact) mass is 381 g/mol. The molecule has 1 aromatic carbocycles. The molecule has 2 fully saturated rings. The first-order valence-corrected chi connectivity index (χ1v) is 10.8. The lowest BCUT2D eigenvalue weighted by atomic mass is 9.79. The molecule has 3 rings (SSSR count). The second-order valence-corrected chi connectivity index (χ2v) is 11.0. The third-order valence-corrected chi connectivity index (χ3v) is 8.14. The van der Waals surface area contributed by atoms with E-state index >= 15 is 0 Å². The highest BCUT2D eigenvalue weighted by Gasteiger charge is 2.45. The topological polar surface area (TPSA) is 77.8 Å². The van der Waals surface area contributed by atoms with Crippen molar-refractivity contribution in [3.05, 3.63) is 28.8 Å². The molecule has 0 unspecified atom stereocenters. The van der Waals surface area contributed by atoms with Crippen molar-refractivity contribution in [3.63, 3.8) is 0 Å². The number of sulfonamides is 1. The van der Waals surface area contributed by atoms with Crippen molar-refractivity contribution in [2.24, 2.45) is 11.8 Å². The zero-order chi connectivity index (χ0) is 19.4. The summed E-state index contributed by atoms with van der Waals surface area (Å²) in [4.78, 5) is 0.391. The van der Waals surface area contributed by atoms with Gasteiger partial charge >= 0.3 is 0 Å². The fourth-order valence-electron chi connectivity index (χ4n) is 4.23. The Morgan fingerprint density at radius 2 is 1.50 bits per heavy atom. The largest absolute Gasteiger partial charge is 0.390 e. The van der Waals surface area contributed by atoms with Crippen LogP contribution in [0.15, 0.2) is 17.0 Å². The first-order chi connectivity index (χ1) is 11.9. The van der Waals surface area contributed by atoms with E-state index in [-0.39, 0.29) is 17.3 Å². The van der Waals surface area contributed by atoms with Gasteiger partial charge in [0.2, 0.25) is 10.0 Å². The maximum atomic E-state index is 13.4. The van der Waals surface area contributed by atoms with Gasteiger partial charge in [-0.25, -0.2) is 8.42 Å². The summed E-state index contributed by atoms with van der Waals surface area (Å²) >= 11 is 0. The summed E-state index contributed by atoms with van der Waals surface area (Å²) in [6.07, 6.45) is -0.547. The molecule has 2 N–H and O–H groups in total. The van der Waals surface area contributed by atoms with Gasteiger partial charge in [-0.2, -0.15) is 4.31 Å². The Morgan fingerprint density at radius 1 is 1.00 bits per heavy atom. The van der Waals surface area contributed by atoms with E-state index in [4.69, 9.17) is 0 Å². The maximum absolute atomic E-state index is 13.4. The minimum atomic E-state index is -3.60. The fourth-order valence-corrected chi connectivity index (χ4v) is 6.11. The molecule has 6 heteroatoms. The number of hydrogen-bond donors (Lipinski definition) is 2. The Kier molecular flexibility index (Phi) is 5.02. The number of nitrogens with zero attached hydrogens (tertiary/aromatic N) is 1. The van der Waals surface area contributed by atoms with Crippen LogP contribution in [0.5, 0.6) is 0 Å². The number of aliphatic hydroxyl groups excluding tert-OH is 2. The standard InChI is InChI=1S/C20H31NO4S/c1-12-6-16(20(3,4)5)9-19(13(12)2)26(24,25)21-10-14-7-17(22)18(23)8-15(14)11-21/h6,9,14-15,17-18,22-23H,7-8,10-11H2,1-5H3/t14-,15+,17+,18-. The summed E-state index contributed by atoms with van der Waals surface area (Å²) < 4.78 is 28.3. The van der Waals surface area contributed by atoms with E-state index in [9.17, 15) is 18.6 Å². The highest BCUT2D eigenvalue weighted by Crippen LogP contribution is 2.39. The number of aryl methyl sites for hydroxylation is 1. The van der Waals surface area contributed by atoms with Crippen LogP contribution in [0.3, 0.4) is 0 Å². The first-order valence-electron chi connectivity index (χ1n) is 9.39. The Bertz CT molecular complexity index is 779. The third kappa shape index (κ3) is 3.44. The second kappa shape index (κ2) is 6.59. The van der Waals surface area contributed by atoms with Gasteiger partial charge in [0.05, 0.1) is 17.1 Å². The van der Waals surface area contributed by atoms with Gasteiger partial charge in [-0.15, -0.1) is 0 Å². The maximum Gasteiger partial charge on any atom is 0.243 e. The normalized spacial score (nSPS) is 30.4. The number of hydrogen-bond acceptors (Lipinski definition) is 4. The van der Waals surface area contributed by atoms with E-state index in [1.807, 2.05) is 19.9 Å². The van der Waals surface area contributed by atoms with Gasteiger partial charge in [-0.1, -0.05) is 26.8 Å². The van der Waals surface area contributed by atoms with Gasteiger partial charge in [-0.05, 0) is 66.7 Å². The zero-order valence-corrected chi connectivity index (χ0v) is 17.2. The van der Waals surface area contributed by atoms with Crippen LogP contribution in [-0.4, -0.2) is 48.2 Å². The molecule has 0 amide bonds. The van der Waals surface area contributed by atoms with Crippen molar-refractivity contribution in [1.29, 1.82) is 0 Å². The summed E-state index contributed by atoms with van der Waals surface area (Å²) in [7, 11) is -3.60. The molecule has 0 bridgehead atoms. The highest BCUT2D eigenvalue weighted by molar-refractivity contribution is 7.89. The van der Waals surface area contributed by atoms with Crippen molar-refractivity contribution in [2.75, 3.05) is 13.1 Å². The van der Waals surface area contributed by atoms with Crippen LogP contribution in [-0.2, 0) is 15.4 Å². The van der Waals surface area contributed by atoms with Crippen molar-refractivity contribution < 1.29 is 18.6 Å². The van der Waals surface area contributed by atoms with Gasteiger partial charge < -0.3 is 10.2 Å². The Morgan fingerprint density at radius 3 is 1.96 bits per heavy atom. The Balaban J connectivity index is 1.96. The van der Waals surface area contributed by atoms with E-state index in [0.717, 1.165) is 16.7 Å². The predicted octanol–water partition coefficient (Wildman–Crippen LogP) is 2.35. The van der Waals surface area contributed by atoms with Crippen molar-refractivity contribution in [3.8, 4) is 0 Å². The zero-order valence-electron chi connectivity index (χ0n) is 16.4. The average molecular weight is 382 g/mol. The van der Waals surface area contributed by atoms with E-state index in [1.54, 1.807) is 4.31 Å². The lowest BCUT2D eigenvalue weighted by Crippen LogP contribution is -2.38. The van der Waals surface area contributed by atoms with Crippen LogP contribution in [0, 0.1) is 25.7 Å². The molecular formula is C20H31NO4S. The number of benzene rings is 1. The lowest BCUT2D eigenvalue weighted by Gasteiger charge is -2.31. The molecule has 1 saturated carbocycles. The van der Waals surface area contributed by atoms with Gasteiger partial charge in [0, 0.05) is 13.1 Å². The number of aliphatic hydroxyl groups is 2. The molecule has 2 aliphatic rings. The smallest absolute Gasteiger partial charge is 0.243 e. The predicted molar refractivity (Wildman–Crippen MR) is 102 cm³/mol. The molecule has 0 radical (unpaired) electrons. The molecule has 1 aliphatic carbocycles. The van der Waals surface area contributed by atoms with Gasteiger partial charge in [0.15, 0.2) is 0 Å². The molecular weight excluding hydrogens is 350 g/mol. The highest BCUT2D eigenvalue weighted by atomic mass is 32.2. The Labute approximate surface area is 157 Å². The molecule has 0 spiro atoms. The molecule has 26 heavy (non-hydrogen) atoms. The molecule has 5 nitrogen and oxygen atoms in total. The summed E-state index contributed by atoms with van der Waals surface area (Å²) in [5.74, 6) is 0.241. The van der Waals surface area contributed by atoms with Gasteiger partial charge in [0.25, 0.3) is 0 Å². The van der Waals surface area contributed by atoms with Crippen LogP contribution >= 0.6 is 0 Å². The van der Waals surface area contributed by atoms with Crippen LogP contribution in [0.25, 0.3) is 0 Å². The summed E-state index contributed by atoms with van der Waals surface area (Å²) in [6.45, 7) is 10.9. The minimum Gasteiger partial charge on any atom is -0.390 e. The third-order valence-electron chi connectivity index (χ3n) is 6.18. The van der Waals surface area contributed by atoms with Crippen LogP contribution < -0.4 is 0 Å². The van der Waals surface area contributed by atoms with E-state index in [1.165, 1.54) is 0 Å². The number of fused-ring (bicyclic) bond motifs is 1. The second-order valence-electron chi connectivity index (χ2n) is 9.11. The molecule has 1 aliphatic heterocycles. The molecule has 4 atom stereocenters. The SMILES string of the molecule is Cc1cc(C(C)(C)C)cc(S(=O)(=O)N2C[C@H]3C[C@H](O)[C@H](O)C[C@H]3C2)c1C. The van der Waals surface area contributed by atoms with E-state index in [0.29, 0.717) is 30.8 Å².